The maximum absolute atomic E-state index is 2.71. The maximum atomic E-state index is 2.71. The Morgan fingerprint density at radius 3 is 1.66 bits per heavy atom. The normalized spacial score (nSPS) is 17.5. The molecule has 1 spiro atoms. The van der Waals surface area contributed by atoms with Gasteiger partial charge in [-0.2, -0.15) is 0 Å². The van der Waals surface area contributed by atoms with Crippen molar-refractivity contribution < 1.29 is 4.48 Å². The molecule has 0 bridgehead atoms. The van der Waals surface area contributed by atoms with Crippen LogP contribution in [0.3, 0.4) is 0 Å². The van der Waals surface area contributed by atoms with Crippen LogP contribution in [-0.4, -0.2) is 6.28 Å². The molecule has 0 fully saturated rings. The first-order valence-corrected chi connectivity index (χ1v) is 22.2. The van der Waals surface area contributed by atoms with E-state index in [4.69, 9.17) is 0 Å². The highest BCUT2D eigenvalue weighted by atomic mass is 15.0. The lowest BCUT2D eigenvalue weighted by atomic mass is 9.26. The third-order valence-corrected chi connectivity index (χ3v) is 14.6. The van der Waals surface area contributed by atoms with Crippen LogP contribution in [0.25, 0.3) is 44.6 Å². The van der Waals surface area contributed by atoms with Gasteiger partial charge in [-0.1, -0.05) is 187 Å². The van der Waals surface area contributed by atoms with E-state index >= 15 is 0 Å². The summed E-state index contributed by atoms with van der Waals surface area (Å²) in [5.41, 5.74) is 21.3. The first-order valence-electron chi connectivity index (χ1n) is 22.2. The minimum atomic E-state index is -1.41. The van der Waals surface area contributed by atoms with Gasteiger partial charge in [-0.3, -0.25) is 0 Å². The van der Waals surface area contributed by atoms with E-state index in [1.807, 2.05) is 0 Å². The van der Waals surface area contributed by atoms with Gasteiger partial charge in [-0.25, -0.2) is 0 Å². The van der Waals surface area contributed by atoms with E-state index in [1.54, 1.807) is 11.1 Å². The lowest BCUT2D eigenvalue weighted by Gasteiger charge is -2.39. The summed E-state index contributed by atoms with van der Waals surface area (Å²) in [6.45, 7) is 14.2. The highest BCUT2D eigenvalue weighted by molar-refractivity contribution is 7.09. The van der Waals surface area contributed by atoms with Crippen LogP contribution < -0.4 is 20.9 Å². The minimum Gasteiger partial charge on any atom is -0.408 e. The van der Waals surface area contributed by atoms with Crippen LogP contribution in [0.4, 0.5) is 0 Å². The fraction of sp³-hybridized carbons (Fsp3) is 0.352. The van der Waals surface area contributed by atoms with Gasteiger partial charge < -0.3 is 4.48 Å². The zero-order valence-corrected chi connectivity index (χ0v) is 34.8. The number of hydrogen-bond donors (Lipinski definition) is 0. The average molecular weight is 734 g/mol. The number of rotatable bonds is 13. The number of benzene rings is 5. The van der Waals surface area contributed by atoms with E-state index in [9.17, 15) is 0 Å². The van der Waals surface area contributed by atoms with Crippen LogP contribution in [0.15, 0.2) is 121 Å². The van der Waals surface area contributed by atoms with Crippen molar-refractivity contribution in [1.29, 1.82) is 0 Å². The van der Waals surface area contributed by atoms with E-state index < -0.39 is 6.28 Å². The largest absolute Gasteiger partial charge is 0.408 e. The van der Waals surface area contributed by atoms with Gasteiger partial charge in [-0.05, 0) is 89.6 Å². The summed E-state index contributed by atoms with van der Waals surface area (Å²) in [5.74, 6) is 1.42. The van der Waals surface area contributed by atoms with Crippen molar-refractivity contribution in [2.24, 2.45) is 11.8 Å². The van der Waals surface area contributed by atoms with Crippen molar-refractivity contribution >= 4 is 22.7 Å². The van der Waals surface area contributed by atoms with E-state index in [1.165, 1.54) is 136 Å². The molecule has 2 unspecified atom stereocenters. The number of fused-ring (bicyclic) bond motifs is 13. The van der Waals surface area contributed by atoms with Gasteiger partial charge in [0.1, 0.15) is 6.20 Å². The van der Waals surface area contributed by atoms with Crippen molar-refractivity contribution in [2.75, 3.05) is 0 Å². The Morgan fingerprint density at radius 1 is 0.518 bits per heavy atom. The molecule has 3 aliphatic rings. The van der Waals surface area contributed by atoms with Crippen LogP contribution in [-0.2, 0) is 5.41 Å². The van der Waals surface area contributed by atoms with Gasteiger partial charge >= 0.3 is 6.28 Å². The molecule has 0 N–H and O–H groups in total. The molecule has 1 nitrogen and oxygen atoms in total. The molecule has 2 aliphatic heterocycles. The zero-order chi connectivity index (χ0) is 38.6. The Balaban J connectivity index is 1.25. The van der Waals surface area contributed by atoms with Crippen molar-refractivity contribution in [2.45, 2.75) is 111 Å². The van der Waals surface area contributed by atoms with Gasteiger partial charge in [0.2, 0.25) is 0 Å². The third kappa shape index (κ3) is 5.60. The van der Waals surface area contributed by atoms with Crippen molar-refractivity contribution in [3.8, 4) is 44.6 Å². The minimum absolute atomic E-state index is 0.0155. The number of unbranched alkanes of at least 4 members (excludes halogenated alkanes) is 2. The molecular formula is C54H60BN. The van der Waals surface area contributed by atoms with Gasteiger partial charge in [0.05, 0.1) is 0 Å². The molecule has 0 amide bonds. The highest BCUT2D eigenvalue weighted by Gasteiger charge is 2.54. The van der Waals surface area contributed by atoms with E-state index in [0.29, 0.717) is 11.8 Å². The Kier molecular flexibility index (Phi) is 9.68. The molecular weight excluding hydrogens is 673 g/mol. The molecule has 3 heterocycles. The van der Waals surface area contributed by atoms with Crippen molar-refractivity contribution in [1.82, 2.24) is 0 Å². The standard InChI is InChI=1S/C54H60BN/c1-7-11-17-39(9-3)34-54(35-40(10-4)18-12-8-2)48-31-37(5)23-27-43(48)44-29-25-41(33-49(44)54)42-26-30-53-47-28-24-38(6)32-52(47)55(56(53)36-42)50-21-15-13-19-45(50)46-20-14-16-22-51(46)55/h13-16,19-33,36,39-40H,7-12,17-18,34-35H2,1-6H3. The number of hydrogen-bond acceptors (Lipinski definition) is 0. The molecule has 284 valence electrons. The van der Waals surface area contributed by atoms with Crippen molar-refractivity contribution in [3.05, 3.63) is 144 Å². The molecule has 6 aromatic rings. The molecule has 56 heavy (non-hydrogen) atoms. The van der Waals surface area contributed by atoms with Crippen LogP contribution in [0.5, 0.6) is 0 Å². The van der Waals surface area contributed by atoms with E-state index in [0.717, 1.165) is 0 Å². The van der Waals surface area contributed by atoms with Gasteiger partial charge in [0.25, 0.3) is 0 Å². The first-order chi connectivity index (χ1) is 27.4. The topological polar surface area (TPSA) is 3.88 Å². The second-order valence-corrected chi connectivity index (χ2v) is 17.9. The Labute approximate surface area is 337 Å². The lowest BCUT2D eigenvalue weighted by Crippen LogP contribution is -2.81. The molecule has 0 saturated carbocycles. The van der Waals surface area contributed by atoms with Crippen LogP contribution >= 0.6 is 0 Å². The fourth-order valence-corrected chi connectivity index (χ4v) is 11.8. The van der Waals surface area contributed by atoms with Gasteiger partial charge in [0.15, 0.2) is 5.69 Å². The second kappa shape index (κ2) is 14.7. The summed E-state index contributed by atoms with van der Waals surface area (Å²) in [7, 11) is 0. The SMILES string of the molecule is CCCCC(CC)CC1(CC(CC)CCCC)c2cc(C)ccc2-c2ccc(-c3ccc4[n+](c3)[B-]3(c5ccccc5-c5ccccc53)c3cc(C)ccc3-4)cc21. The summed E-state index contributed by atoms with van der Waals surface area (Å²) in [5, 5.41) is 0. The molecule has 1 aromatic heterocycles. The monoisotopic (exact) mass is 733 g/mol. The number of aromatic nitrogens is 1. The second-order valence-electron chi connectivity index (χ2n) is 17.9. The zero-order valence-electron chi connectivity index (χ0n) is 34.8. The van der Waals surface area contributed by atoms with Crippen LogP contribution in [0.1, 0.15) is 114 Å². The predicted octanol–water partition coefficient (Wildman–Crippen LogP) is 12.2. The highest BCUT2D eigenvalue weighted by Crippen LogP contribution is 2.57. The molecule has 2 heteroatoms. The van der Waals surface area contributed by atoms with Gasteiger partial charge in [-0.15, -0.1) is 16.4 Å². The third-order valence-electron chi connectivity index (χ3n) is 14.6. The Hall–Kier alpha value is -4.69. The molecule has 0 radical (unpaired) electrons. The maximum Gasteiger partial charge on any atom is 0.362 e. The Morgan fingerprint density at radius 2 is 1.05 bits per heavy atom. The van der Waals surface area contributed by atoms with Crippen molar-refractivity contribution in [3.63, 3.8) is 0 Å². The first kappa shape index (κ1) is 36.9. The predicted molar refractivity (Wildman–Crippen MR) is 241 cm³/mol. The van der Waals surface area contributed by atoms with Crippen LogP contribution in [0.2, 0.25) is 0 Å². The molecule has 5 aromatic carbocycles. The molecule has 0 saturated heterocycles. The summed E-state index contributed by atoms with van der Waals surface area (Å²) in [6, 6.07) is 45.4. The number of pyridine rings is 1. The summed E-state index contributed by atoms with van der Waals surface area (Å²) < 4.78 is 2.71. The Bertz CT molecular complexity index is 2370. The summed E-state index contributed by atoms with van der Waals surface area (Å²) in [4.78, 5) is 0. The van der Waals surface area contributed by atoms with E-state index in [-0.39, 0.29) is 5.41 Å². The summed E-state index contributed by atoms with van der Waals surface area (Å²) >= 11 is 0. The summed E-state index contributed by atoms with van der Waals surface area (Å²) in [6.07, 6.45) is 13.9. The molecule has 9 rings (SSSR count). The molecule has 2 atom stereocenters. The average Bonchev–Trinajstić information content (AvgIpc) is 3.79. The number of aryl methyl sites for hydroxylation is 2. The number of nitrogens with zero attached hydrogens (tertiary/aromatic N) is 1. The lowest BCUT2D eigenvalue weighted by molar-refractivity contribution is -0.523. The quantitative estimate of drug-likeness (QED) is 0.104. The molecule has 1 aliphatic carbocycles. The van der Waals surface area contributed by atoms with Crippen LogP contribution in [0, 0.1) is 25.7 Å². The smallest absolute Gasteiger partial charge is 0.362 e. The van der Waals surface area contributed by atoms with Gasteiger partial charge in [0, 0.05) is 22.6 Å². The van der Waals surface area contributed by atoms with E-state index in [2.05, 4.69) is 167 Å². The fourth-order valence-electron chi connectivity index (χ4n) is 11.8.